The number of benzene rings is 2. The van der Waals surface area contributed by atoms with Crippen LogP contribution in [-0.4, -0.2) is 32.3 Å². The number of carbonyl (C=O) groups is 2. The molecule has 2 heterocycles. The predicted molar refractivity (Wildman–Crippen MR) is 134 cm³/mol. The van der Waals surface area contributed by atoms with Gasteiger partial charge in [-0.3, -0.25) is 9.59 Å². The SMILES string of the molecule is CCn1c(SCC(=O)Nc2ccc(NC(=O)c3cccc(F)c3)cc2C)nnc1-c1cccs1. The van der Waals surface area contributed by atoms with E-state index in [-0.39, 0.29) is 17.2 Å². The van der Waals surface area contributed by atoms with Crippen molar-refractivity contribution < 1.29 is 14.0 Å². The van der Waals surface area contributed by atoms with Gasteiger partial charge >= 0.3 is 0 Å². The van der Waals surface area contributed by atoms with Gasteiger partial charge in [0.25, 0.3) is 5.91 Å². The highest BCUT2D eigenvalue weighted by Crippen LogP contribution is 2.27. The van der Waals surface area contributed by atoms with Crippen molar-refractivity contribution in [3.05, 3.63) is 76.9 Å². The van der Waals surface area contributed by atoms with Crippen molar-refractivity contribution in [1.82, 2.24) is 14.8 Å². The van der Waals surface area contributed by atoms with E-state index in [1.54, 1.807) is 35.6 Å². The maximum absolute atomic E-state index is 13.4. The van der Waals surface area contributed by atoms with Gasteiger partial charge < -0.3 is 15.2 Å². The summed E-state index contributed by atoms with van der Waals surface area (Å²) < 4.78 is 15.3. The van der Waals surface area contributed by atoms with Gasteiger partial charge in [-0.2, -0.15) is 0 Å². The van der Waals surface area contributed by atoms with E-state index in [1.807, 2.05) is 35.9 Å². The van der Waals surface area contributed by atoms with Gasteiger partial charge in [-0.15, -0.1) is 21.5 Å². The summed E-state index contributed by atoms with van der Waals surface area (Å²) in [5.74, 6) is -0.0751. The molecule has 2 N–H and O–H groups in total. The number of nitrogens with one attached hydrogen (secondary N) is 2. The molecule has 0 bridgehead atoms. The number of amides is 2. The Morgan fingerprint density at radius 2 is 1.94 bits per heavy atom. The molecule has 2 aromatic carbocycles. The van der Waals surface area contributed by atoms with Gasteiger partial charge in [0.15, 0.2) is 11.0 Å². The number of halogens is 1. The fourth-order valence-corrected chi connectivity index (χ4v) is 4.82. The molecule has 0 radical (unpaired) electrons. The number of carbonyl (C=O) groups excluding carboxylic acids is 2. The van der Waals surface area contributed by atoms with Gasteiger partial charge in [-0.05, 0) is 67.3 Å². The maximum atomic E-state index is 13.4. The molecule has 7 nitrogen and oxygen atoms in total. The molecule has 0 saturated heterocycles. The zero-order chi connectivity index (χ0) is 24.1. The number of rotatable bonds is 8. The van der Waals surface area contributed by atoms with Crippen LogP contribution in [0.5, 0.6) is 0 Å². The van der Waals surface area contributed by atoms with E-state index in [2.05, 4.69) is 20.8 Å². The Bertz CT molecular complexity index is 1320. The predicted octanol–water partition coefficient (Wildman–Crippen LogP) is 5.46. The van der Waals surface area contributed by atoms with Crippen LogP contribution < -0.4 is 10.6 Å². The summed E-state index contributed by atoms with van der Waals surface area (Å²) in [6.07, 6.45) is 0. The second kappa shape index (κ2) is 10.6. The van der Waals surface area contributed by atoms with E-state index in [0.717, 1.165) is 16.3 Å². The average Bonchev–Trinajstić information content (AvgIpc) is 3.49. The molecule has 2 aromatic heterocycles. The molecular weight excluding hydrogens is 473 g/mol. The molecule has 0 unspecified atom stereocenters. The summed E-state index contributed by atoms with van der Waals surface area (Å²) in [6.45, 7) is 4.55. The Labute approximate surface area is 204 Å². The molecule has 0 saturated carbocycles. The molecule has 4 rings (SSSR count). The van der Waals surface area contributed by atoms with Crippen molar-refractivity contribution in [2.45, 2.75) is 25.5 Å². The van der Waals surface area contributed by atoms with Crippen LogP contribution in [0.1, 0.15) is 22.8 Å². The van der Waals surface area contributed by atoms with Crippen LogP contribution in [0.25, 0.3) is 10.7 Å². The van der Waals surface area contributed by atoms with Gasteiger partial charge in [0, 0.05) is 23.5 Å². The molecule has 0 spiro atoms. The lowest BCUT2D eigenvalue weighted by atomic mass is 10.1. The van der Waals surface area contributed by atoms with Gasteiger partial charge in [0.05, 0.1) is 10.6 Å². The van der Waals surface area contributed by atoms with Gasteiger partial charge in [-0.25, -0.2) is 4.39 Å². The third-order valence-corrected chi connectivity index (χ3v) is 6.78. The highest BCUT2D eigenvalue weighted by Gasteiger charge is 2.16. The van der Waals surface area contributed by atoms with Crippen LogP contribution in [0.4, 0.5) is 15.8 Å². The summed E-state index contributed by atoms with van der Waals surface area (Å²) in [5, 5.41) is 16.8. The van der Waals surface area contributed by atoms with E-state index in [4.69, 9.17) is 0 Å². The lowest BCUT2D eigenvalue weighted by Gasteiger charge is -2.11. The van der Waals surface area contributed by atoms with Crippen LogP contribution in [0, 0.1) is 12.7 Å². The quantitative estimate of drug-likeness (QED) is 0.317. The van der Waals surface area contributed by atoms with Crippen molar-refractivity contribution in [3.8, 4) is 10.7 Å². The van der Waals surface area contributed by atoms with Gasteiger partial charge in [-0.1, -0.05) is 23.9 Å². The number of hydrogen-bond acceptors (Lipinski definition) is 6. The first-order valence-electron chi connectivity index (χ1n) is 10.5. The molecular formula is C24H22FN5O2S2. The van der Waals surface area contributed by atoms with E-state index >= 15 is 0 Å². The first kappa shape index (κ1) is 23.7. The van der Waals surface area contributed by atoms with E-state index < -0.39 is 11.7 Å². The number of hydrogen-bond donors (Lipinski definition) is 2. The lowest BCUT2D eigenvalue weighted by molar-refractivity contribution is -0.113. The molecule has 0 fully saturated rings. The van der Waals surface area contributed by atoms with Crippen LogP contribution >= 0.6 is 23.1 Å². The highest BCUT2D eigenvalue weighted by atomic mass is 32.2. The van der Waals surface area contributed by atoms with Crippen LogP contribution in [-0.2, 0) is 11.3 Å². The zero-order valence-corrected chi connectivity index (χ0v) is 20.2. The minimum atomic E-state index is -0.473. The summed E-state index contributed by atoms with van der Waals surface area (Å²) >= 11 is 2.92. The van der Waals surface area contributed by atoms with Crippen molar-refractivity contribution in [1.29, 1.82) is 0 Å². The Morgan fingerprint density at radius 1 is 1.09 bits per heavy atom. The summed E-state index contributed by atoms with van der Waals surface area (Å²) in [7, 11) is 0. The smallest absolute Gasteiger partial charge is 0.255 e. The molecule has 4 aromatic rings. The highest BCUT2D eigenvalue weighted by molar-refractivity contribution is 7.99. The Balaban J connectivity index is 1.36. The molecule has 0 aliphatic rings. The zero-order valence-electron chi connectivity index (χ0n) is 18.5. The normalized spacial score (nSPS) is 10.8. The Hall–Kier alpha value is -3.50. The van der Waals surface area contributed by atoms with E-state index in [0.29, 0.717) is 23.1 Å². The fraction of sp³-hybridized carbons (Fsp3) is 0.167. The second-order valence-electron chi connectivity index (χ2n) is 7.36. The standard InChI is InChI=1S/C24H22FN5O2S2/c1-3-30-22(20-8-5-11-33-20)28-29-24(30)34-14-21(31)27-19-10-9-18(12-15(19)2)26-23(32)16-6-4-7-17(25)13-16/h4-13H,3,14H2,1-2H3,(H,26,32)(H,27,31). The summed E-state index contributed by atoms with van der Waals surface area (Å²) in [5.41, 5.74) is 2.21. The molecule has 174 valence electrons. The topological polar surface area (TPSA) is 88.9 Å². The fourth-order valence-electron chi connectivity index (χ4n) is 3.30. The first-order valence-corrected chi connectivity index (χ1v) is 12.4. The third-order valence-electron chi connectivity index (χ3n) is 4.95. The van der Waals surface area contributed by atoms with Gasteiger partial charge in [0.1, 0.15) is 5.82 Å². The Kier molecular flexibility index (Phi) is 7.39. The Morgan fingerprint density at radius 3 is 2.65 bits per heavy atom. The number of anilines is 2. The summed E-state index contributed by atoms with van der Waals surface area (Å²) in [4.78, 5) is 25.9. The largest absolute Gasteiger partial charge is 0.325 e. The monoisotopic (exact) mass is 495 g/mol. The average molecular weight is 496 g/mol. The van der Waals surface area contributed by atoms with E-state index in [9.17, 15) is 14.0 Å². The molecule has 0 aliphatic heterocycles. The molecule has 10 heteroatoms. The van der Waals surface area contributed by atoms with E-state index in [1.165, 1.54) is 30.0 Å². The number of aryl methyl sites for hydroxylation is 1. The number of aromatic nitrogens is 3. The summed E-state index contributed by atoms with van der Waals surface area (Å²) in [6, 6.07) is 14.6. The number of nitrogens with zero attached hydrogens (tertiary/aromatic N) is 3. The lowest BCUT2D eigenvalue weighted by Crippen LogP contribution is -2.16. The molecule has 0 atom stereocenters. The first-order chi connectivity index (χ1) is 16.4. The molecule has 2 amide bonds. The van der Waals surface area contributed by atoms with Crippen molar-refractivity contribution >= 4 is 46.3 Å². The van der Waals surface area contributed by atoms with Crippen LogP contribution in [0.2, 0.25) is 0 Å². The minimum absolute atomic E-state index is 0.173. The number of thioether (sulfide) groups is 1. The van der Waals surface area contributed by atoms with Gasteiger partial charge in [0.2, 0.25) is 5.91 Å². The van der Waals surface area contributed by atoms with Crippen molar-refractivity contribution in [2.75, 3.05) is 16.4 Å². The van der Waals surface area contributed by atoms with Crippen molar-refractivity contribution in [3.63, 3.8) is 0 Å². The third kappa shape index (κ3) is 5.52. The molecule has 0 aliphatic carbocycles. The van der Waals surface area contributed by atoms with Crippen LogP contribution in [0.15, 0.2) is 65.1 Å². The van der Waals surface area contributed by atoms with Crippen LogP contribution in [0.3, 0.4) is 0 Å². The second-order valence-corrected chi connectivity index (χ2v) is 9.25. The van der Waals surface area contributed by atoms with Crippen molar-refractivity contribution in [2.24, 2.45) is 0 Å². The minimum Gasteiger partial charge on any atom is -0.325 e. The number of thiophene rings is 1. The maximum Gasteiger partial charge on any atom is 0.255 e. The molecule has 34 heavy (non-hydrogen) atoms.